The highest BCUT2D eigenvalue weighted by atomic mass is 32.2. The average Bonchev–Trinajstić information content (AvgIpc) is 2.80. The van der Waals surface area contributed by atoms with Gasteiger partial charge in [-0.3, -0.25) is 9.69 Å². The number of nitrogens with one attached hydrogen (secondary N) is 1. The lowest BCUT2D eigenvalue weighted by Gasteiger charge is -2.27. The Kier molecular flexibility index (Phi) is 8.67. The van der Waals surface area contributed by atoms with Crippen LogP contribution < -0.4 is 10.1 Å². The third kappa shape index (κ3) is 6.55. The van der Waals surface area contributed by atoms with Crippen molar-refractivity contribution in [3.05, 3.63) is 53.8 Å². The molecular formula is C25H34FN3O4S. The van der Waals surface area contributed by atoms with E-state index in [2.05, 4.69) is 5.32 Å². The predicted octanol–water partition coefficient (Wildman–Crippen LogP) is 4.42. The van der Waals surface area contributed by atoms with Crippen LogP contribution in [-0.2, 0) is 14.8 Å². The smallest absolute Gasteiger partial charge is 0.243 e. The molecule has 0 bridgehead atoms. The normalized spacial score (nSPS) is 16.0. The zero-order valence-corrected chi connectivity index (χ0v) is 21.1. The van der Waals surface area contributed by atoms with Crippen LogP contribution in [0.5, 0.6) is 5.75 Å². The molecule has 34 heavy (non-hydrogen) atoms. The van der Waals surface area contributed by atoms with E-state index in [9.17, 15) is 17.6 Å². The number of rotatable bonds is 9. The second-order valence-corrected chi connectivity index (χ2v) is 10.9. The largest absolute Gasteiger partial charge is 0.489 e. The van der Waals surface area contributed by atoms with Crippen molar-refractivity contribution in [3.8, 4) is 5.75 Å². The lowest BCUT2D eigenvalue weighted by Crippen LogP contribution is -2.35. The quantitative estimate of drug-likeness (QED) is 0.562. The Hall–Kier alpha value is -2.49. The molecule has 1 aliphatic heterocycles. The molecule has 3 rings (SSSR count). The van der Waals surface area contributed by atoms with E-state index in [0.717, 1.165) is 24.8 Å². The maximum atomic E-state index is 13.2. The number of carbonyl (C=O) groups excluding carboxylic acids is 1. The lowest BCUT2D eigenvalue weighted by molar-refractivity contribution is -0.117. The van der Waals surface area contributed by atoms with Crippen LogP contribution in [0.4, 0.5) is 10.1 Å². The van der Waals surface area contributed by atoms with Crippen molar-refractivity contribution in [3.63, 3.8) is 0 Å². The number of likely N-dealkylation sites (N-methyl/N-ethyl adjacent to an activating group) is 1. The second-order valence-electron chi connectivity index (χ2n) is 8.98. The van der Waals surface area contributed by atoms with Gasteiger partial charge in [0.15, 0.2) is 0 Å². The molecule has 1 unspecified atom stereocenters. The van der Waals surface area contributed by atoms with Gasteiger partial charge < -0.3 is 10.1 Å². The standard InChI is InChI=1S/C25H34FN3O4S/c1-18(2)33-24-13-12-22(34(31,32)29-14-6-5-7-15-29)16-23(24)27-25(30)17-28(4)19(3)20-8-10-21(26)11-9-20/h8-13,16,18-19H,5-7,14-15,17H2,1-4H3,(H,27,30). The first-order chi connectivity index (χ1) is 16.1. The zero-order chi connectivity index (χ0) is 24.9. The van der Waals surface area contributed by atoms with Crippen LogP contribution in [0.2, 0.25) is 0 Å². The maximum Gasteiger partial charge on any atom is 0.243 e. The van der Waals surface area contributed by atoms with Crippen LogP contribution in [0.15, 0.2) is 47.4 Å². The van der Waals surface area contributed by atoms with Crippen LogP contribution >= 0.6 is 0 Å². The molecule has 1 heterocycles. The van der Waals surface area contributed by atoms with Gasteiger partial charge in [0.2, 0.25) is 15.9 Å². The highest BCUT2D eigenvalue weighted by Crippen LogP contribution is 2.31. The molecule has 2 aromatic carbocycles. The predicted molar refractivity (Wildman–Crippen MR) is 131 cm³/mol. The summed E-state index contributed by atoms with van der Waals surface area (Å²) in [5.41, 5.74) is 1.20. The molecule has 1 atom stereocenters. The first-order valence-electron chi connectivity index (χ1n) is 11.6. The van der Waals surface area contributed by atoms with Crippen molar-refractivity contribution in [1.82, 2.24) is 9.21 Å². The maximum absolute atomic E-state index is 13.2. The summed E-state index contributed by atoms with van der Waals surface area (Å²) in [7, 11) is -1.85. The van der Waals surface area contributed by atoms with Crippen molar-refractivity contribution in [2.75, 3.05) is 32.0 Å². The molecule has 2 aromatic rings. The number of hydrogen-bond donors (Lipinski definition) is 1. The van der Waals surface area contributed by atoms with Crippen LogP contribution in [0, 0.1) is 5.82 Å². The minimum atomic E-state index is -3.66. The number of amides is 1. The molecule has 0 saturated carbocycles. The summed E-state index contributed by atoms with van der Waals surface area (Å²) in [5.74, 6) is -0.207. The number of halogens is 1. The Balaban J connectivity index is 1.78. The summed E-state index contributed by atoms with van der Waals surface area (Å²) in [6.07, 6.45) is 2.56. The summed E-state index contributed by atoms with van der Waals surface area (Å²) in [6, 6.07) is 10.6. The number of anilines is 1. The molecule has 0 aromatic heterocycles. The first-order valence-corrected chi connectivity index (χ1v) is 13.1. The van der Waals surface area contributed by atoms with Gasteiger partial charge in [0.1, 0.15) is 11.6 Å². The number of ether oxygens (including phenoxy) is 1. The van der Waals surface area contributed by atoms with Crippen LogP contribution in [0.3, 0.4) is 0 Å². The van der Waals surface area contributed by atoms with Crippen LogP contribution in [0.1, 0.15) is 51.6 Å². The summed E-state index contributed by atoms with van der Waals surface area (Å²) in [5, 5.41) is 2.83. The molecule has 186 valence electrons. The summed E-state index contributed by atoms with van der Waals surface area (Å²) < 4.78 is 46.8. The van der Waals surface area contributed by atoms with Gasteiger partial charge in [-0.1, -0.05) is 18.6 Å². The SMILES string of the molecule is CC(C)Oc1ccc(S(=O)(=O)N2CCCCC2)cc1NC(=O)CN(C)C(C)c1ccc(F)cc1. The number of sulfonamides is 1. The Labute approximate surface area is 201 Å². The number of benzene rings is 2. The summed E-state index contributed by atoms with van der Waals surface area (Å²) >= 11 is 0. The average molecular weight is 492 g/mol. The number of piperidine rings is 1. The monoisotopic (exact) mass is 491 g/mol. The molecule has 1 amide bonds. The van der Waals surface area contributed by atoms with Gasteiger partial charge in [-0.25, -0.2) is 12.8 Å². The van der Waals surface area contributed by atoms with Crippen LogP contribution in [-0.4, -0.2) is 56.3 Å². The van der Waals surface area contributed by atoms with Gasteiger partial charge in [-0.15, -0.1) is 0 Å². The number of hydrogen-bond acceptors (Lipinski definition) is 5. The molecule has 0 radical (unpaired) electrons. The second kappa shape index (κ2) is 11.3. The Morgan fingerprint density at radius 3 is 2.35 bits per heavy atom. The van der Waals surface area contributed by atoms with Gasteiger partial charge in [0.05, 0.1) is 23.2 Å². The fraction of sp³-hybridized carbons (Fsp3) is 0.480. The van der Waals surface area contributed by atoms with E-state index < -0.39 is 10.0 Å². The topological polar surface area (TPSA) is 79.0 Å². The van der Waals surface area contributed by atoms with E-state index in [-0.39, 0.29) is 35.3 Å². The van der Waals surface area contributed by atoms with E-state index in [1.54, 1.807) is 25.2 Å². The van der Waals surface area contributed by atoms with E-state index in [1.807, 2.05) is 25.7 Å². The Morgan fingerprint density at radius 1 is 1.09 bits per heavy atom. The van der Waals surface area contributed by atoms with Crippen molar-refractivity contribution in [1.29, 1.82) is 0 Å². The highest BCUT2D eigenvalue weighted by molar-refractivity contribution is 7.89. The molecule has 1 aliphatic rings. The Bertz CT molecular complexity index is 1080. The van der Waals surface area contributed by atoms with Crippen molar-refractivity contribution in [2.24, 2.45) is 0 Å². The lowest BCUT2D eigenvalue weighted by atomic mass is 10.1. The van der Waals surface area contributed by atoms with Crippen molar-refractivity contribution < 1.29 is 22.3 Å². The van der Waals surface area contributed by atoms with Crippen molar-refractivity contribution >= 4 is 21.6 Å². The molecule has 7 nitrogen and oxygen atoms in total. The third-order valence-corrected chi connectivity index (χ3v) is 7.84. The molecule has 0 aliphatic carbocycles. The highest BCUT2D eigenvalue weighted by Gasteiger charge is 2.27. The fourth-order valence-corrected chi connectivity index (χ4v) is 5.47. The minimum absolute atomic E-state index is 0.0583. The van der Waals surface area contributed by atoms with E-state index in [4.69, 9.17) is 4.74 Å². The van der Waals surface area contributed by atoms with Crippen molar-refractivity contribution in [2.45, 2.75) is 57.1 Å². The third-order valence-electron chi connectivity index (χ3n) is 5.95. The first kappa shape index (κ1) is 26.1. The zero-order valence-electron chi connectivity index (χ0n) is 20.3. The number of carbonyl (C=O) groups is 1. The van der Waals surface area contributed by atoms with Gasteiger partial charge >= 0.3 is 0 Å². The minimum Gasteiger partial charge on any atom is -0.489 e. The van der Waals surface area contributed by atoms with Gasteiger partial charge in [0, 0.05) is 19.1 Å². The summed E-state index contributed by atoms with van der Waals surface area (Å²) in [4.78, 5) is 14.9. The van der Waals surface area contributed by atoms with E-state index in [1.165, 1.54) is 28.6 Å². The molecule has 1 N–H and O–H groups in total. The van der Waals surface area contributed by atoms with Gasteiger partial charge in [-0.05, 0) is 76.6 Å². The molecule has 1 saturated heterocycles. The van der Waals surface area contributed by atoms with Gasteiger partial charge in [-0.2, -0.15) is 4.31 Å². The molecule has 0 spiro atoms. The van der Waals surface area contributed by atoms with E-state index in [0.29, 0.717) is 24.5 Å². The number of nitrogens with zero attached hydrogens (tertiary/aromatic N) is 2. The van der Waals surface area contributed by atoms with Crippen LogP contribution in [0.25, 0.3) is 0 Å². The van der Waals surface area contributed by atoms with E-state index >= 15 is 0 Å². The molecular weight excluding hydrogens is 457 g/mol. The molecule has 1 fully saturated rings. The van der Waals surface area contributed by atoms with Gasteiger partial charge in [0.25, 0.3) is 0 Å². The Morgan fingerprint density at radius 2 is 1.74 bits per heavy atom. The summed E-state index contributed by atoms with van der Waals surface area (Å²) in [6.45, 7) is 6.72. The molecule has 9 heteroatoms. The fourth-order valence-electron chi connectivity index (χ4n) is 3.93.